The van der Waals surface area contributed by atoms with Crippen LogP contribution in [0.15, 0.2) is 24.3 Å². The number of carbonyl (C=O) groups excluding carboxylic acids is 1. The standard InChI is InChI=1S/C21H31NO3/c1-25-17-12-10-16(11-13-17)21(14-6-7-15-21)20(24)22-18-8-4-2-3-5-9-19(18)23/h10-13,18-19,23H,2-9,14-15H2,1H3,(H,22,24)/t18-,19-/m0/s1. The summed E-state index contributed by atoms with van der Waals surface area (Å²) in [5, 5.41) is 13.7. The van der Waals surface area contributed by atoms with Crippen molar-refractivity contribution in [2.45, 2.75) is 81.8 Å². The highest BCUT2D eigenvalue weighted by Crippen LogP contribution is 2.42. The average molecular weight is 345 g/mol. The van der Waals surface area contributed by atoms with Crippen LogP contribution in [0.1, 0.15) is 69.8 Å². The van der Waals surface area contributed by atoms with Gasteiger partial charge in [-0.25, -0.2) is 0 Å². The molecule has 0 aliphatic heterocycles. The van der Waals surface area contributed by atoms with Crippen molar-refractivity contribution in [3.8, 4) is 5.75 Å². The summed E-state index contributed by atoms with van der Waals surface area (Å²) in [5.41, 5.74) is 0.623. The first kappa shape index (κ1) is 18.2. The lowest BCUT2D eigenvalue weighted by molar-refractivity contribution is -0.128. The normalized spacial score (nSPS) is 26.5. The van der Waals surface area contributed by atoms with Gasteiger partial charge in [0.1, 0.15) is 5.75 Å². The Balaban J connectivity index is 1.77. The van der Waals surface area contributed by atoms with E-state index >= 15 is 0 Å². The van der Waals surface area contributed by atoms with E-state index in [-0.39, 0.29) is 11.9 Å². The lowest BCUT2D eigenvalue weighted by Gasteiger charge is -2.33. The van der Waals surface area contributed by atoms with Gasteiger partial charge in [-0.1, -0.05) is 50.7 Å². The number of benzene rings is 1. The number of amides is 1. The van der Waals surface area contributed by atoms with E-state index in [4.69, 9.17) is 4.74 Å². The molecule has 0 bridgehead atoms. The lowest BCUT2D eigenvalue weighted by atomic mass is 9.77. The Bertz CT molecular complexity index is 563. The molecule has 138 valence electrons. The van der Waals surface area contributed by atoms with Crippen LogP contribution in [0.5, 0.6) is 5.75 Å². The zero-order chi connectivity index (χ0) is 17.7. The van der Waals surface area contributed by atoms with Gasteiger partial charge >= 0.3 is 0 Å². The molecule has 2 aliphatic carbocycles. The van der Waals surface area contributed by atoms with Gasteiger partial charge in [-0.05, 0) is 43.4 Å². The van der Waals surface area contributed by atoms with Crippen molar-refractivity contribution in [3.05, 3.63) is 29.8 Å². The maximum Gasteiger partial charge on any atom is 0.230 e. The largest absolute Gasteiger partial charge is 0.497 e. The molecule has 0 aromatic heterocycles. The number of aliphatic hydroxyl groups is 1. The van der Waals surface area contributed by atoms with E-state index in [1.165, 1.54) is 12.8 Å². The number of ether oxygens (including phenoxy) is 1. The van der Waals surface area contributed by atoms with Crippen LogP contribution in [0.25, 0.3) is 0 Å². The van der Waals surface area contributed by atoms with Gasteiger partial charge in [-0.15, -0.1) is 0 Å². The van der Waals surface area contributed by atoms with Crippen LogP contribution in [0.3, 0.4) is 0 Å². The number of nitrogens with one attached hydrogen (secondary N) is 1. The van der Waals surface area contributed by atoms with Crippen molar-refractivity contribution in [1.29, 1.82) is 0 Å². The van der Waals surface area contributed by atoms with E-state index < -0.39 is 11.5 Å². The van der Waals surface area contributed by atoms with Crippen molar-refractivity contribution in [1.82, 2.24) is 5.32 Å². The van der Waals surface area contributed by atoms with Crippen LogP contribution >= 0.6 is 0 Å². The highest BCUT2D eigenvalue weighted by Gasteiger charge is 2.43. The van der Waals surface area contributed by atoms with Gasteiger partial charge in [0.25, 0.3) is 0 Å². The van der Waals surface area contributed by atoms with E-state index in [2.05, 4.69) is 5.32 Å². The molecule has 0 radical (unpaired) electrons. The van der Waals surface area contributed by atoms with E-state index in [1.54, 1.807) is 7.11 Å². The molecule has 25 heavy (non-hydrogen) atoms. The highest BCUT2D eigenvalue weighted by molar-refractivity contribution is 5.89. The first-order chi connectivity index (χ1) is 12.2. The summed E-state index contributed by atoms with van der Waals surface area (Å²) < 4.78 is 5.25. The number of hydrogen-bond acceptors (Lipinski definition) is 3. The van der Waals surface area contributed by atoms with E-state index in [0.29, 0.717) is 0 Å². The minimum atomic E-state index is -0.450. The molecule has 0 saturated heterocycles. The fourth-order valence-electron chi connectivity index (χ4n) is 4.48. The molecule has 4 heteroatoms. The van der Waals surface area contributed by atoms with Crippen LogP contribution in [0, 0.1) is 0 Å². The fourth-order valence-corrected chi connectivity index (χ4v) is 4.48. The van der Waals surface area contributed by atoms with Crippen LogP contribution in [-0.2, 0) is 10.2 Å². The molecule has 0 spiro atoms. The first-order valence-electron chi connectivity index (χ1n) is 9.79. The van der Waals surface area contributed by atoms with Gasteiger partial charge in [-0.2, -0.15) is 0 Å². The monoisotopic (exact) mass is 345 g/mol. The summed E-state index contributed by atoms with van der Waals surface area (Å²) in [4.78, 5) is 13.3. The Hall–Kier alpha value is -1.55. The van der Waals surface area contributed by atoms with Gasteiger partial charge in [0, 0.05) is 0 Å². The molecule has 3 rings (SSSR count). The summed E-state index contributed by atoms with van der Waals surface area (Å²) in [6.07, 6.45) is 9.69. The Labute approximate surface area is 151 Å². The van der Waals surface area contributed by atoms with Crippen molar-refractivity contribution < 1.29 is 14.6 Å². The molecule has 2 fully saturated rings. The second kappa shape index (κ2) is 8.22. The van der Waals surface area contributed by atoms with Crippen LogP contribution in [-0.4, -0.2) is 30.3 Å². The van der Waals surface area contributed by atoms with Gasteiger partial charge in [0.15, 0.2) is 0 Å². The maximum absolute atomic E-state index is 13.3. The van der Waals surface area contributed by atoms with Crippen LogP contribution in [0.4, 0.5) is 0 Å². The number of methoxy groups -OCH3 is 1. The number of aliphatic hydroxyl groups excluding tert-OH is 1. The topological polar surface area (TPSA) is 58.6 Å². The molecule has 2 saturated carbocycles. The quantitative estimate of drug-likeness (QED) is 0.875. The molecule has 2 atom stereocenters. The zero-order valence-electron chi connectivity index (χ0n) is 15.3. The molecule has 4 nitrogen and oxygen atoms in total. The molecule has 1 aromatic carbocycles. The van der Waals surface area contributed by atoms with Gasteiger partial charge in [-0.3, -0.25) is 4.79 Å². The number of rotatable bonds is 4. The summed E-state index contributed by atoms with van der Waals surface area (Å²) >= 11 is 0. The summed E-state index contributed by atoms with van der Waals surface area (Å²) in [6.45, 7) is 0. The number of hydrogen-bond donors (Lipinski definition) is 2. The SMILES string of the molecule is COc1ccc(C2(C(=O)N[C@H]3CCCCCC[C@@H]3O)CCCC2)cc1. The van der Waals surface area contributed by atoms with E-state index in [1.807, 2.05) is 24.3 Å². The molecule has 2 N–H and O–H groups in total. The highest BCUT2D eigenvalue weighted by atomic mass is 16.5. The second-order valence-corrected chi connectivity index (χ2v) is 7.66. The van der Waals surface area contributed by atoms with Crippen LogP contribution in [0.2, 0.25) is 0 Å². The molecule has 0 unspecified atom stereocenters. The third-order valence-corrected chi connectivity index (χ3v) is 6.08. The maximum atomic E-state index is 13.3. The molecule has 1 amide bonds. The van der Waals surface area contributed by atoms with E-state index in [9.17, 15) is 9.90 Å². The number of carbonyl (C=O) groups is 1. The predicted octanol–water partition coefficient (Wildman–Crippen LogP) is 3.71. The van der Waals surface area contributed by atoms with E-state index in [0.717, 1.165) is 62.7 Å². The molecule has 1 aromatic rings. The molecule has 0 heterocycles. The second-order valence-electron chi connectivity index (χ2n) is 7.66. The lowest BCUT2D eigenvalue weighted by Crippen LogP contribution is -2.51. The van der Waals surface area contributed by atoms with Crippen molar-refractivity contribution in [2.75, 3.05) is 7.11 Å². The Kier molecular flexibility index (Phi) is 6.00. The third-order valence-electron chi connectivity index (χ3n) is 6.08. The predicted molar refractivity (Wildman–Crippen MR) is 98.8 cm³/mol. The smallest absolute Gasteiger partial charge is 0.230 e. The molecular weight excluding hydrogens is 314 g/mol. The minimum absolute atomic E-state index is 0.0970. The Morgan fingerprint density at radius 3 is 2.32 bits per heavy atom. The van der Waals surface area contributed by atoms with Crippen molar-refractivity contribution in [2.24, 2.45) is 0 Å². The molecular formula is C21H31NO3. The minimum Gasteiger partial charge on any atom is -0.497 e. The fraction of sp³-hybridized carbons (Fsp3) is 0.667. The third kappa shape index (κ3) is 4.00. The van der Waals surface area contributed by atoms with Gasteiger partial charge in [0.05, 0.1) is 24.7 Å². The van der Waals surface area contributed by atoms with Gasteiger partial charge < -0.3 is 15.2 Å². The van der Waals surface area contributed by atoms with Crippen molar-refractivity contribution >= 4 is 5.91 Å². The first-order valence-corrected chi connectivity index (χ1v) is 9.79. The van der Waals surface area contributed by atoms with Crippen molar-refractivity contribution in [3.63, 3.8) is 0 Å². The summed E-state index contributed by atoms with van der Waals surface area (Å²) in [6, 6.07) is 7.82. The zero-order valence-corrected chi connectivity index (χ0v) is 15.3. The van der Waals surface area contributed by atoms with Crippen LogP contribution < -0.4 is 10.1 Å². The Morgan fingerprint density at radius 1 is 1.04 bits per heavy atom. The summed E-state index contributed by atoms with van der Waals surface area (Å²) in [5.74, 6) is 0.910. The summed E-state index contributed by atoms with van der Waals surface area (Å²) in [7, 11) is 1.66. The van der Waals surface area contributed by atoms with Gasteiger partial charge in [0.2, 0.25) is 5.91 Å². The average Bonchev–Trinajstić information content (AvgIpc) is 3.12. The molecule has 2 aliphatic rings. The Morgan fingerprint density at radius 2 is 1.68 bits per heavy atom.